The van der Waals surface area contributed by atoms with Crippen LogP contribution in [-0.4, -0.2) is 16.9 Å². The number of rotatable bonds is 2. The van der Waals surface area contributed by atoms with Crippen LogP contribution in [0, 0.1) is 0 Å². The van der Waals surface area contributed by atoms with Crippen LogP contribution in [0.4, 0.5) is 0 Å². The van der Waals surface area contributed by atoms with Gasteiger partial charge in [-0.25, -0.2) is 4.79 Å². The molecular formula is C12H14O3. The van der Waals surface area contributed by atoms with Crippen LogP contribution in [0.25, 0.3) is 0 Å². The number of ketones is 1. The quantitative estimate of drug-likeness (QED) is 0.597. The topological polar surface area (TPSA) is 54.4 Å². The van der Waals surface area contributed by atoms with E-state index in [1.54, 1.807) is 6.92 Å². The van der Waals surface area contributed by atoms with Gasteiger partial charge in [0.2, 0.25) is 0 Å². The highest BCUT2D eigenvalue weighted by Gasteiger charge is 1.92. The lowest BCUT2D eigenvalue weighted by atomic mass is 10.2. The Balaban J connectivity index is 0.000000288. The van der Waals surface area contributed by atoms with Gasteiger partial charge in [-0.15, -0.1) is 0 Å². The van der Waals surface area contributed by atoms with Crippen LogP contribution in [0.2, 0.25) is 0 Å². The van der Waals surface area contributed by atoms with Gasteiger partial charge in [0.05, 0.1) is 0 Å². The Morgan fingerprint density at radius 2 is 1.53 bits per heavy atom. The molecule has 0 amide bonds. The third-order valence-corrected chi connectivity index (χ3v) is 1.55. The van der Waals surface area contributed by atoms with Crippen molar-refractivity contribution in [1.82, 2.24) is 0 Å². The Morgan fingerprint density at radius 3 is 1.73 bits per heavy atom. The number of hydrogen-bond donors (Lipinski definition) is 1. The summed E-state index contributed by atoms with van der Waals surface area (Å²) in [5, 5.41) is 7.89. The molecule has 0 aliphatic rings. The van der Waals surface area contributed by atoms with Crippen molar-refractivity contribution in [2.24, 2.45) is 0 Å². The number of hydrogen-bond acceptors (Lipinski definition) is 2. The second-order valence-electron chi connectivity index (χ2n) is 3.01. The van der Waals surface area contributed by atoms with Crippen LogP contribution < -0.4 is 0 Å². The predicted molar refractivity (Wildman–Crippen MR) is 58.9 cm³/mol. The van der Waals surface area contributed by atoms with Crippen LogP contribution in [0.5, 0.6) is 0 Å². The Morgan fingerprint density at radius 1 is 1.13 bits per heavy atom. The van der Waals surface area contributed by atoms with Gasteiger partial charge in [-0.05, 0) is 13.8 Å². The lowest BCUT2D eigenvalue weighted by Crippen LogP contribution is -1.92. The van der Waals surface area contributed by atoms with Crippen molar-refractivity contribution >= 4 is 11.8 Å². The van der Waals surface area contributed by atoms with Crippen molar-refractivity contribution in [2.75, 3.05) is 0 Å². The highest BCUT2D eigenvalue weighted by Crippen LogP contribution is 1.97. The summed E-state index contributed by atoms with van der Waals surface area (Å²) in [6.45, 7) is 6.17. The summed E-state index contributed by atoms with van der Waals surface area (Å²) in [4.78, 5) is 20.2. The fourth-order valence-corrected chi connectivity index (χ4v) is 0.673. The largest absolute Gasteiger partial charge is 0.478 e. The van der Waals surface area contributed by atoms with Crippen molar-refractivity contribution in [3.8, 4) is 0 Å². The molecule has 0 saturated heterocycles. The number of carbonyl (C=O) groups excluding carboxylic acids is 1. The van der Waals surface area contributed by atoms with Crippen LogP contribution in [0.1, 0.15) is 24.2 Å². The first-order chi connectivity index (χ1) is 6.95. The van der Waals surface area contributed by atoms with E-state index in [4.69, 9.17) is 5.11 Å². The number of carboxylic acid groups (broad SMARTS) is 1. The lowest BCUT2D eigenvalue weighted by Gasteiger charge is -1.89. The Labute approximate surface area is 89.1 Å². The van der Waals surface area contributed by atoms with E-state index in [1.165, 1.54) is 6.92 Å². The van der Waals surface area contributed by atoms with E-state index in [9.17, 15) is 9.59 Å². The van der Waals surface area contributed by atoms with E-state index in [0.29, 0.717) is 0 Å². The molecule has 0 aromatic heterocycles. The molecule has 0 radical (unpaired) electrons. The van der Waals surface area contributed by atoms with E-state index in [1.807, 2.05) is 30.3 Å². The molecule has 0 aliphatic heterocycles. The molecule has 0 saturated carbocycles. The number of Topliss-reactive ketones (excluding diaryl/α,β-unsaturated/α-hetero) is 1. The first-order valence-corrected chi connectivity index (χ1v) is 4.40. The van der Waals surface area contributed by atoms with Crippen LogP contribution in [0.3, 0.4) is 0 Å². The number of carboxylic acids is 1. The maximum Gasteiger partial charge on any atom is 0.330 e. The van der Waals surface area contributed by atoms with Gasteiger partial charge in [0.15, 0.2) is 5.78 Å². The average Bonchev–Trinajstić information content (AvgIpc) is 2.20. The summed E-state index contributed by atoms with van der Waals surface area (Å²) >= 11 is 0. The molecule has 3 heteroatoms. The third-order valence-electron chi connectivity index (χ3n) is 1.55. The van der Waals surface area contributed by atoms with E-state index < -0.39 is 5.97 Å². The van der Waals surface area contributed by atoms with E-state index in [-0.39, 0.29) is 11.4 Å². The average molecular weight is 206 g/mol. The molecule has 0 heterocycles. The fraction of sp³-hybridized carbons (Fsp3) is 0.167. The molecule has 1 aromatic rings. The van der Waals surface area contributed by atoms with E-state index >= 15 is 0 Å². The number of carbonyl (C=O) groups is 2. The van der Waals surface area contributed by atoms with Gasteiger partial charge in [-0.2, -0.15) is 0 Å². The van der Waals surface area contributed by atoms with Gasteiger partial charge in [0.25, 0.3) is 0 Å². The minimum Gasteiger partial charge on any atom is -0.478 e. The zero-order chi connectivity index (χ0) is 11.8. The maximum atomic E-state index is 10.6. The van der Waals surface area contributed by atoms with Gasteiger partial charge in [-0.3, -0.25) is 4.79 Å². The van der Waals surface area contributed by atoms with Gasteiger partial charge < -0.3 is 5.11 Å². The summed E-state index contributed by atoms with van der Waals surface area (Å²) < 4.78 is 0. The van der Waals surface area contributed by atoms with Crippen molar-refractivity contribution < 1.29 is 14.7 Å². The maximum absolute atomic E-state index is 10.6. The molecule has 15 heavy (non-hydrogen) atoms. The van der Waals surface area contributed by atoms with Crippen molar-refractivity contribution in [1.29, 1.82) is 0 Å². The molecule has 3 nitrogen and oxygen atoms in total. The normalized spacial score (nSPS) is 8.40. The minimum atomic E-state index is -0.935. The van der Waals surface area contributed by atoms with Crippen LogP contribution in [-0.2, 0) is 4.79 Å². The number of aliphatic carboxylic acids is 1. The van der Waals surface area contributed by atoms with Crippen LogP contribution in [0.15, 0.2) is 42.5 Å². The van der Waals surface area contributed by atoms with Gasteiger partial charge >= 0.3 is 5.97 Å². The molecule has 1 N–H and O–H groups in total. The Kier molecular flexibility index (Phi) is 5.71. The monoisotopic (exact) mass is 206 g/mol. The summed E-state index contributed by atoms with van der Waals surface area (Å²) in [6, 6.07) is 9.23. The Hall–Kier alpha value is -1.90. The van der Waals surface area contributed by atoms with Gasteiger partial charge in [-0.1, -0.05) is 36.9 Å². The third kappa shape index (κ3) is 6.21. The van der Waals surface area contributed by atoms with Gasteiger partial charge in [0.1, 0.15) is 0 Å². The minimum absolute atomic E-state index is 0.121. The molecule has 0 aliphatic carbocycles. The van der Waals surface area contributed by atoms with Crippen molar-refractivity contribution in [3.63, 3.8) is 0 Å². The van der Waals surface area contributed by atoms with Crippen molar-refractivity contribution in [2.45, 2.75) is 13.8 Å². The molecular weight excluding hydrogens is 192 g/mol. The predicted octanol–water partition coefficient (Wildman–Crippen LogP) is 2.54. The standard InChI is InChI=1S/C8H8O.C4H6O2/c1-7(9)8-5-3-2-4-6-8;1-3(2)4(5)6/h2-6H,1H3;1H2,2H3,(H,5,6). The van der Waals surface area contributed by atoms with Gasteiger partial charge in [0, 0.05) is 11.1 Å². The highest BCUT2D eigenvalue weighted by molar-refractivity contribution is 5.93. The highest BCUT2D eigenvalue weighted by atomic mass is 16.4. The summed E-state index contributed by atoms with van der Waals surface area (Å²) in [7, 11) is 0. The molecule has 80 valence electrons. The molecule has 0 fully saturated rings. The molecule has 1 rings (SSSR count). The molecule has 0 atom stereocenters. The summed E-state index contributed by atoms with van der Waals surface area (Å²) in [6.07, 6.45) is 0. The zero-order valence-electron chi connectivity index (χ0n) is 8.86. The summed E-state index contributed by atoms with van der Waals surface area (Å²) in [5.41, 5.74) is 0.951. The van der Waals surface area contributed by atoms with Crippen molar-refractivity contribution in [3.05, 3.63) is 48.0 Å². The Bertz CT molecular complexity index is 340. The lowest BCUT2D eigenvalue weighted by molar-refractivity contribution is -0.132. The molecule has 1 aromatic carbocycles. The smallest absolute Gasteiger partial charge is 0.330 e. The van der Waals surface area contributed by atoms with E-state index in [2.05, 4.69) is 6.58 Å². The first-order valence-electron chi connectivity index (χ1n) is 4.40. The fourth-order valence-electron chi connectivity index (χ4n) is 0.673. The first kappa shape index (κ1) is 13.1. The molecule has 0 spiro atoms. The van der Waals surface area contributed by atoms with Crippen LogP contribution >= 0.6 is 0 Å². The molecule has 0 bridgehead atoms. The second kappa shape index (κ2) is 6.54. The second-order valence-corrected chi connectivity index (χ2v) is 3.01. The zero-order valence-corrected chi connectivity index (χ0v) is 8.86. The summed E-state index contributed by atoms with van der Waals surface area (Å²) in [5.74, 6) is -0.814. The van der Waals surface area contributed by atoms with E-state index in [0.717, 1.165) is 5.56 Å². The number of benzene rings is 1. The molecule has 0 unspecified atom stereocenters. The SMILES string of the molecule is C=C(C)C(=O)O.CC(=O)c1ccccc1.